The molecule has 3 rings (SSSR count). The second kappa shape index (κ2) is 6.01. The molecular weight excluding hydrogens is 325 g/mol. The molecule has 106 valence electrons. The average Bonchev–Trinajstić information content (AvgIpc) is 2.77. The zero-order valence-electron chi connectivity index (χ0n) is 10.9. The Morgan fingerprint density at radius 2 is 2.20 bits per heavy atom. The van der Waals surface area contributed by atoms with Crippen molar-refractivity contribution >= 4 is 15.9 Å². The third-order valence-corrected chi connectivity index (χ3v) is 3.97. The summed E-state index contributed by atoms with van der Waals surface area (Å²) in [6.07, 6.45) is 4.52. The van der Waals surface area contributed by atoms with Gasteiger partial charge in [-0.3, -0.25) is 0 Å². The highest BCUT2D eigenvalue weighted by Crippen LogP contribution is 2.27. The molecule has 0 amide bonds. The van der Waals surface area contributed by atoms with Crippen LogP contribution in [0, 0.1) is 5.82 Å². The molecule has 1 aromatic carbocycles. The Morgan fingerprint density at radius 1 is 1.30 bits per heavy atom. The lowest BCUT2D eigenvalue weighted by Crippen LogP contribution is -2.21. The minimum absolute atomic E-state index is 0.102. The number of benzene rings is 1. The molecule has 1 unspecified atom stereocenters. The van der Waals surface area contributed by atoms with Crippen LogP contribution in [-0.2, 0) is 0 Å². The summed E-state index contributed by atoms with van der Waals surface area (Å²) in [4.78, 5) is 4.35. The number of aromatic nitrogens is 2. The van der Waals surface area contributed by atoms with Crippen LogP contribution in [0.5, 0.6) is 0 Å². The lowest BCUT2D eigenvalue weighted by molar-refractivity contribution is 0.401. The van der Waals surface area contributed by atoms with Gasteiger partial charge in [0.1, 0.15) is 5.82 Å². The third kappa shape index (κ3) is 2.91. The molecule has 1 saturated heterocycles. The topological polar surface area (TPSA) is 51.0 Å². The fourth-order valence-corrected chi connectivity index (χ4v) is 2.76. The van der Waals surface area contributed by atoms with Gasteiger partial charge in [-0.05, 0) is 37.6 Å². The lowest BCUT2D eigenvalue weighted by atomic mass is 10.1. The Kier molecular flexibility index (Phi) is 4.12. The summed E-state index contributed by atoms with van der Waals surface area (Å²) >= 11 is 3.32. The highest BCUT2D eigenvalue weighted by Gasteiger charge is 2.21. The van der Waals surface area contributed by atoms with E-state index in [2.05, 4.69) is 31.4 Å². The second-order valence-corrected chi connectivity index (χ2v) is 5.85. The van der Waals surface area contributed by atoms with E-state index >= 15 is 0 Å². The number of nitrogens with zero attached hydrogens (tertiary/aromatic N) is 2. The number of rotatable bonds is 2. The number of hydrogen-bond acceptors (Lipinski definition) is 4. The van der Waals surface area contributed by atoms with E-state index in [9.17, 15) is 4.39 Å². The summed E-state index contributed by atoms with van der Waals surface area (Å²) in [7, 11) is 0. The van der Waals surface area contributed by atoms with Crippen molar-refractivity contribution in [3.63, 3.8) is 0 Å². The maximum absolute atomic E-state index is 13.8. The Morgan fingerprint density at radius 3 is 3.10 bits per heavy atom. The van der Waals surface area contributed by atoms with Gasteiger partial charge >= 0.3 is 0 Å². The zero-order chi connectivity index (χ0) is 13.9. The van der Waals surface area contributed by atoms with E-state index < -0.39 is 0 Å². The van der Waals surface area contributed by atoms with E-state index in [1.165, 1.54) is 18.9 Å². The molecule has 6 heteroatoms. The Bertz CT molecular complexity index is 594. The van der Waals surface area contributed by atoms with E-state index in [0.29, 0.717) is 11.4 Å². The van der Waals surface area contributed by atoms with Gasteiger partial charge in [0.25, 0.3) is 5.89 Å². The molecule has 20 heavy (non-hydrogen) atoms. The monoisotopic (exact) mass is 339 g/mol. The molecule has 2 heterocycles. The molecule has 2 aromatic rings. The quantitative estimate of drug-likeness (QED) is 0.902. The van der Waals surface area contributed by atoms with Crippen LogP contribution in [0.4, 0.5) is 4.39 Å². The lowest BCUT2D eigenvalue weighted by Gasteiger charge is -2.09. The first kappa shape index (κ1) is 13.7. The van der Waals surface area contributed by atoms with E-state index in [1.807, 2.05) is 0 Å². The Hall–Kier alpha value is -1.27. The van der Waals surface area contributed by atoms with Crippen molar-refractivity contribution in [2.45, 2.75) is 31.7 Å². The van der Waals surface area contributed by atoms with Gasteiger partial charge in [-0.2, -0.15) is 4.98 Å². The molecule has 1 fully saturated rings. The highest BCUT2D eigenvalue weighted by molar-refractivity contribution is 9.10. The number of nitrogens with one attached hydrogen (secondary N) is 1. The van der Waals surface area contributed by atoms with Crippen LogP contribution >= 0.6 is 15.9 Å². The number of halogens is 2. The van der Waals surface area contributed by atoms with E-state index in [1.54, 1.807) is 12.1 Å². The first-order chi connectivity index (χ1) is 9.74. The maximum atomic E-state index is 13.8. The Balaban J connectivity index is 1.87. The van der Waals surface area contributed by atoms with Crippen LogP contribution in [0.15, 0.2) is 27.2 Å². The van der Waals surface area contributed by atoms with Crippen LogP contribution in [0.3, 0.4) is 0 Å². The summed E-state index contributed by atoms with van der Waals surface area (Å²) < 4.78 is 19.8. The standard InChI is InChI=1S/C14H15BrFN3O/c15-9-5-6-11(16)10(8-9)14-18-13(19-20-14)12-4-2-1-3-7-17-12/h5-6,8,12,17H,1-4,7H2. The molecule has 0 bridgehead atoms. The molecule has 0 saturated carbocycles. The van der Waals surface area contributed by atoms with E-state index in [4.69, 9.17) is 4.52 Å². The number of hydrogen-bond donors (Lipinski definition) is 1. The first-order valence-electron chi connectivity index (χ1n) is 6.76. The summed E-state index contributed by atoms with van der Waals surface area (Å²) in [5, 5.41) is 7.40. The molecule has 1 aromatic heterocycles. The molecular formula is C14H15BrFN3O. The first-order valence-corrected chi connectivity index (χ1v) is 7.56. The van der Waals surface area contributed by atoms with Crippen LogP contribution in [0.25, 0.3) is 11.5 Å². The van der Waals surface area contributed by atoms with Gasteiger partial charge in [-0.15, -0.1) is 0 Å². The maximum Gasteiger partial charge on any atom is 0.260 e. The van der Waals surface area contributed by atoms with Gasteiger partial charge in [0.15, 0.2) is 5.82 Å². The molecule has 0 aliphatic carbocycles. The fourth-order valence-electron chi connectivity index (χ4n) is 2.40. The molecule has 1 atom stereocenters. The summed E-state index contributed by atoms with van der Waals surface area (Å²) in [6, 6.07) is 4.77. The van der Waals surface area contributed by atoms with Gasteiger partial charge in [0.05, 0.1) is 11.6 Å². The minimum Gasteiger partial charge on any atom is -0.334 e. The van der Waals surface area contributed by atoms with Crippen LogP contribution in [0.2, 0.25) is 0 Å². The van der Waals surface area contributed by atoms with Crippen molar-refractivity contribution in [2.75, 3.05) is 6.54 Å². The Labute approximate surface area is 124 Å². The van der Waals surface area contributed by atoms with Crippen LogP contribution in [-0.4, -0.2) is 16.7 Å². The van der Waals surface area contributed by atoms with Gasteiger partial charge in [-0.1, -0.05) is 33.9 Å². The van der Waals surface area contributed by atoms with Crippen molar-refractivity contribution in [1.29, 1.82) is 0 Å². The molecule has 1 aliphatic heterocycles. The van der Waals surface area contributed by atoms with Gasteiger partial charge < -0.3 is 9.84 Å². The SMILES string of the molecule is Fc1ccc(Br)cc1-c1nc(C2CCCCCN2)no1. The van der Waals surface area contributed by atoms with E-state index in [0.717, 1.165) is 23.9 Å². The van der Waals surface area contributed by atoms with Crippen LogP contribution in [0.1, 0.15) is 37.5 Å². The smallest absolute Gasteiger partial charge is 0.260 e. The zero-order valence-corrected chi connectivity index (χ0v) is 12.5. The fraction of sp³-hybridized carbons (Fsp3) is 0.429. The minimum atomic E-state index is -0.364. The largest absolute Gasteiger partial charge is 0.334 e. The second-order valence-electron chi connectivity index (χ2n) is 4.94. The predicted octanol–water partition coefficient (Wildman–Crippen LogP) is 3.84. The van der Waals surface area contributed by atoms with Gasteiger partial charge in [-0.25, -0.2) is 4.39 Å². The molecule has 1 N–H and O–H groups in total. The summed E-state index contributed by atoms with van der Waals surface area (Å²) in [5.74, 6) is 0.475. The molecule has 1 aliphatic rings. The molecule has 0 spiro atoms. The highest BCUT2D eigenvalue weighted by atomic mass is 79.9. The van der Waals surface area contributed by atoms with Crippen molar-refractivity contribution in [3.05, 3.63) is 34.3 Å². The van der Waals surface area contributed by atoms with Crippen molar-refractivity contribution in [3.8, 4) is 11.5 Å². The van der Waals surface area contributed by atoms with Gasteiger partial charge in [0.2, 0.25) is 0 Å². The summed E-state index contributed by atoms with van der Waals surface area (Å²) in [6.45, 7) is 0.958. The third-order valence-electron chi connectivity index (χ3n) is 3.47. The van der Waals surface area contributed by atoms with Crippen molar-refractivity contribution in [1.82, 2.24) is 15.5 Å². The summed E-state index contributed by atoms with van der Waals surface area (Å²) in [5.41, 5.74) is 0.326. The van der Waals surface area contributed by atoms with E-state index in [-0.39, 0.29) is 17.7 Å². The van der Waals surface area contributed by atoms with Gasteiger partial charge in [0, 0.05) is 4.47 Å². The normalized spacial score (nSPS) is 19.8. The average molecular weight is 340 g/mol. The van der Waals surface area contributed by atoms with Crippen molar-refractivity contribution < 1.29 is 8.91 Å². The van der Waals surface area contributed by atoms with Crippen molar-refractivity contribution in [2.24, 2.45) is 0 Å². The molecule has 0 radical (unpaired) electrons. The molecule has 4 nitrogen and oxygen atoms in total. The van der Waals surface area contributed by atoms with Crippen LogP contribution < -0.4 is 5.32 Å². The predicted molar refractivity (Wildman–Crippen MR) is 76.6 cm³/mol.